The molecule has 0 atom stereocenters. The van der Waals surface area contributed by atoms with Crippen LogP contribution in [0.3, 0.4) is 0 Å². The molecule has 26 heavy (non-hydrogen) atoms. The number of ether oxygens (including phenoxy) is 1. The maximum absolute atomic E-state index is 9.56. The zero-order valence-electron chi connectivity index (χ0n) is 15.0. The summed E-state index contributed by atoms with van der Waals surface area (Å²) in [7, 11) is -4.17. The van der Waals surface area contributed by atoms with E-state index in [1.165, 1.54) is 12.4 Å². The Morgan fingerprint density at radius 3 is 2.27 bits per heavy atom. The summed E-state index contributed by atoms with van der Waals surface area (Å²) in [4.78, 5) is 4.73. The third-order valence-corrected chi connectivity index (χ3v) is 4.08. The molecule has 3 rings (SSSR count). The van der Waals surface area contributed by atoms with E-state index < -0.39 is 10.4 Å². The summed E-state index contributed by atoms with van der Waals surface area (Å²) in [5.41, 5.74) is 4.31. The van der Waals surface area contributed by atoms with Gasteiger partial charge in [0.05, 0.1) is 13.2 Å². The van der Waals surface area contributed by atoms with Crippen LogP contribution in [-0.2, 0) is 21.1 Å². The van der Waals surface area contributed by atoms with Crippen LogP contribution in [0.5, 0.6) is 5.75 Å². The van der Waals surface area contributed by atoms with Crippen LogP contribution in [0.1, 0.15) is 20.8 Å². The van der Waals surface area contributed by atoms with Crippen LogP contribution < -0.4 is 9.30 Å². The average Bonchev–Trinajstić information content (AvgIpc) is 2.59. The molecule has 140 valence electrons. The molecule has 1 N–H and O–H groups in total. The second-order valence-electron chi connectivity index (χ2n) is 5.26. The second kappa shape index (κ2) is 8.88. The molecule has 7 nitrogen and oxygen atoms in total. The lowest BCUT2D eigenvalue weighted by Crippen LogP contribution is -2.34. The Hall–Kier alpha value is -2.29. The van der Waals surface area contributed by atoms with Gasteiger partial charge in [0, 0.05) is 18.2 Å². The lowest BCUT2D eigenvalue weighted by atomic mass is 10.2. The monoisotopic (exact) mass is 379 g/mol. The molecular weight excluding hydrogens is 356 g/mol. The van der Waals surface area contributed by atoms with Crippen molar-refractivity contribution < 1.29 is 26.5 Å². The zero-order chi connectivity index (χ0) is 19.2. The molecule has 0 spiro atoms. The molecule has 0 amide bonds. The van der Waals surface area contributed by atoms with E-state index in [1.54, 1.807) is 0 Å². The van der Waals surface area contributed by atoms with Gasteiger partial charge in [-0.1, -0.05) is 12.1 Å². The van der Waals surface area contributed by atoms with E-state index in [9.17, 15) is 8.42 Å². The van der Waals surface area contributed by atoms with E-state index >= 15 is 0 Å². The number of rotatable bonds is 5. The number of hydrogen-bond donors (Lipinski definition) is 1. The summed E-state index contributed by atoms with van der Waals surface area (Å²) in [6.45, 7) is 7.18. The third-order valence-electron chi connectivity index (χ3n) is 3.55. The van der Waals surface area contributed by atoms with Gasteiger partial charge in [0.15, 0.2) is 0 Å². The van der Waals surface area contributed by atoms with Crippen LogP contribution in [0.4, 0.5) is 0 Å². The van der Waals surface area contributed by atoms with Crippen molar-refractivity contribution in [3.05, 3.63) is 42.5 Å². The summed E-state index contributed by atoms with van der Waals surface area (Å²) >= 11 is 0. The Bertz CT molecular complexity index is 989. The minimum atomic E-state index is -4.17. The van der Waals surface area contributed by atoms with Gasteiger partial charge in [0.25, 0.3) is 0 Å². The molecule has 0 aliphatic heterocycles. The fraction of sp³-hybridized carbons (Fsp3) is 0.333. The molecule has 0 bridgehead atoms. The number of nitrogens with zero attached hydrogens (tertiary/aromatic N) is 2. The summed E-state index contributed by atoms with van der Waals surface area (Å²) in [6, 6.07) is 14.3. The molecule has 0 radical (unpaired) electrons. The van der Waals surface area contributed by atoms with Gasteiger partial charge in [0.1, 0.15) is 23.3 Å². The van der Waals surface area contributed by atoms with E-state index in [1.807, 2.05) is 31.2 Å². The van der Waals surface area contributed by atoms with Crippen molar-refractivity contribution in [1.82, 2.24) is 4.98 Å². The Kier molecular flexibility index (Phi) is 6.84. The van der Waals surface area contributed by atoms with Crippen molar-refractivity contribution >= 4 is 32.5 Å². The van der Waals surface area contributed by atoms with Gasteiger partial charge in [-0.3, -0.25) is 4.55 Å². The molecule has 8 heteroatoms. The number of benzene rings is 2. The molecule has 0 saturated heterocycles. The van der Waals surface area contributed by atoms with Crippen molar-refractivity contribution in [2.24, 2.45) is 0 Å². The van der Waals surface area contributed by atoms with Crippen LogP contribution in [0, 0.1) is 0 Å². The number of para-hydroxylation sites is 2. The molecule has 0 saturated carbocycles. The predicted octanol–water partition coefficient (Wildman–Crippen LogP) is 2.92. The van der Waals surface area contributed by atoms with E-state index in [2.05, 4.69) is 33.9 Å². The van der Waals surface area contributed by atoms with Crippen molar-refractivity contribution in [2.75, 3.05) is 13.2 Å². The minimum absolute atomic E-state index is 0.0289. The minimum Gasteiger partial charge on any atom is -0.494 e. The fourth-order valence-electron chi connectivity index (χ4n) is 2.61. The van der Waals surface area contributed by atoms with Gasteiger partial charge in [-0.15, -0.1) is 0 Å². The third kappa shape index (κ3) is 5.10. The first-order valence-electron chi connectivity index (χ1n) is 8.36. The van der Waals surface area contributed by atoms with E-state index in [0.29, 0.717) is 6.61 Å². The van der Waals surface area contributed by atoms with E-state index in [0.717, 1.165) is 28.8 Å². The highest BCUT2D eigenvalue weighted by atomic mass is 32.3. The van der Waals surface area contributed by atoms with Gasteiger partial charge < -0.3 is 4.74 Å². The lowest BCUT2D eigenvalue weighted by Gasteiger charge is -2.06. The number of hydrogen-bond acceptors (Lipinski definition) is 5. The van der Waals surface area contributed by atoms with E-state index in [-0.39, 0.29) is 6.61 Å². The highest BCUT2D eigenvalue weighted by Gasteiger charge is 2.15. The zero-order valence-corrected chi connectivity index (χ0v) is 15.9. The molecule has 3 aromatic rings. The SMILES string of the molecule is CCOS(=O)(=O)O.CCOc1ccc2c(c1)nc1ccccc1[n+]2CC. The van der Waals surface area contributed by atoms with E-state index in [4.69, 9.17) is 14.3 Å². The van der Waals surface area contributed by atoms with Crippen LogP contribution in [-0.4, -0.2) is 31.2 Å². The van der Waals surface area contributed by atoms with Gasteiger partial charge >= 0.3 is 10.4 Å². The van der Waals surface area contributed by atoms with Gasteiger partial charge in [-0.2, -0.15) is 13.0 Å². The molecule has 0 aliphatic rings. The summed E-state index contributed by atoms with van der Waals surface area (Å²) in [5, 5.41) is 0. The van der Waals surface area contributed by atoms with Crippen molar-refractivity contribution in [2.45, 2.75) is 27.3 Å². The second-order valence-corrected chi connectivity index (χ2v) is 6.35. The largest absolute Gasteiger partial charge is 0.494 e. The summed E-state index contributed by atoms with van der Waals surface area (Å²) in [6.07, 6.45) is 0. The highest BCUT2D eigenvalue weighted by Crippen LogP contribution is 2.20. The Balaban J connectivity index is 0.000000298. The number of fused-ring (bicyclic) bond motifs is 2. The van der Waals surface area contributed by atoms with Crippen LogP contribution in [0.25, 0.3) is 22.1 Å². The van der Waals surface area contributed by atoms with Crippen molar-refractivity contribution in [3.8, 4) is 5.75 Å². The van der Waals surface area contributed by atoms with Gasteiger partial charge in [-0.25, -0.2) is 9.17 Å². The van der Waals surface area contributed by atoms with Crippen LogP contribution >= 0.6 is 0 Å². The van der Waals surface area contributed by atoms with Gasteiger partial charge in [-0.05, 0) is 32.9 Å². The first-order valence-corrected chi connectivity index (χ1v) is 9.73. The summed E-state index contributed by atoms with van der Waals surface area (Å²) in [5.74, 6) is 0.875. The molecular formula is C18H23N2O5S+. The van der Waals surface area contributed by atoms with Crippen LogP contribution in [0.15, 0.2) is 42.5 Å². The molecule has 0 unspecified atom stereocenters. The van der Waals surface area contributed by atoms with Crippen LogP contribution in [0.2, 0.25) is 0 Å². The smallest absolute Gasteiger partial charge is 0.397 e. The normalized spacial score (nSPS) is 11.2. The van der Waals surface area contributed by atoms with Gasteiger partial charge in [0.2, 0.25) is 11.0 Å². The molecule has 1 aromatic heterocycles. The molecule has 2 aromatic carbocycles. The molecule has 0 aliphatic carbocycles. The number of aryl methyl sites for hydroxylation is 1. The predicted molar refractivity (Wildman–Crippen MR) is 99.5 cm³/mol. The lowest BCUT2D eigenvalue weighted by molar-refractivity contribution is -0.641. The molecule has 0 fully saturated rings. The first-order chi connectivity index (χ1) is 12.4. The Morgan fingerprint density at radius 1 is 1.00 bits per heavy atom. The maximum atomic E-state index is 9.56. The standard InChI is InChI=1S/C16H17N2O.C2H6O4S/c1-3-18-15-8-6-5-7-13(15)17-14-11-12(19-4-2)9-10-16(14)18;1-2-6-7(3,4)5/h5-11H,3-4H2,1-2H3;2H2,1H3,(H,3,4,5)/q+1;. The quantitative estimate of drug-likeness (QED) is 0.416. The Morgan fingerprint density at radius 2 is 1.69 bits per heavy atom. The average molecular weight is 379 g/mol. The topological polar surface area (TPSA) is 89.6 Å². The van der Waals surface area contributed by atoms with Crippen molar-refractivity contribution in [1.29, 1.82) is 0 Å². The van der Waals surface area contributed by atoms with Crippen molar-refractivity contribution in [3.63, 3.8) is 0 Å². The summed E-state index contributed by atoms with van der Waals surface area (Å²) < 4.78 is 38.5. The maximum Gasteiger partial charge on any atom is 0.397 e. The first kappa shape index (κ1) is 20.0. The number of aromatic nitrogens is 2. The fourth-order valence-corrected chi connectivity index (χ4v) is 2.91. The highest BCUT2D eigenvalue weighted by molar-refractivity contribution is 7.80. The Labute approximate surface area is 153 Å². The molecule has 1 heterocycles.